The fourth-order valence-electron chi connectivity index (χ4n) is 6.20. The lowest BCUT2D eigenvalue weighted by Crippen LogP contribution is -2.02. The molecule has 0 N–H and O–H groups in total. The molecular weight excluding hydrogens is 526 g/mol. The van der Waals surface area contributed by atoms with Gasteiger partial charge in [-0.2, -0.15) is 0 Å². The Morgan fingerprint density at radius 3 is 2.24 bits per heavy atom. The monoisotopic (exact) mass is 545 g/mol. The Bertz CT molecular complexity index is 2510. The zero-order chi connectivity index (χ0) is 27.1. The van der Waals surface area contributed by atoms with Crippen molar-refractivity contribution in [1.82, 2.24) is 14.5 Å². The van der Waals surface area contributed by atoms with Gasteiger partial charge in [-0.1, -0.05) is 84.4 Å². The highest BCUT2D eigenvalue weighted by Crippen LogP contribution is 2.39. The molecule has 9 aromatic rings. The maximum atomic E-state index is 6.64. The van der Waals surface area contributed by atoms with Crippen LogP contribution < -0.4 is 0 Å². The van der Waals surface area contributed by atoms with Crippen LogP contribution in [0, 0.1) is 0 Å². The van der Waals surface area contributed by atoms with Crippen molar-refractivity contribution in [2.75, 3.05) is 0 Å². The zero-order valence-electron chi connectivity index (χ0n) is 21.7. The molecule has 3 aromatic heterocycles. The van der Waals surface area contributed by atoms with Gasteiger partial charge in [-0.05, 0) is 53.9 Å². The first kappa shape index (κ1) is 22.6. The molecule has 0 saturated carbocycles. The first-order valence-corrected chi connectivity index (χ1v) is 13.9. The van der Waals surface area contributed by atoms with E-state index < -0.39 is 0 Å². The molecule has 9 rings (SSSR count). The number of rotatable bonds is 2. The van der Waals surface area contributed by atoms with Crippen LogP contribution in [0.5, 0.6) is 0 Å². The molecule has 0 bridgehead atoms. The minimum Gasteiger partial charge on any atom is -0.455 e. The van der Waals surface area contributed by atoms with Crippen molar-refractivity contribution in [3.63, 3.8) is 0 Å². The normalized spacial score (nSPS) is 12.0. The molecule has 0 spiro atoms. The van der Waals surface area contributed by atoms with Crippen LogP contribution >= 0.6 is 11.6 Å². The number of nitrogens with zero attached hydrogens (tertiary/aromatic N) is 3. The van der Waals surface area contributed by atoms with E-state index in [1.54, 1.807) is 0 Å². The third-order valence-electron chi connectivity index (χ3n) is 8.06. The number of furan rings is 1. The quantitative estimate of drug-likeness (QED) is 0.217. The molecule has 5 heteroatoms. The number of hydrogen-bond donors (Lipinski definition) is 0. The van der Waals surface area contributed by atoms with E-state index in [2.05, 4.69) is 65.2 Å². The smallest absolute Gasteiger partial charge is 0.165 e. The summed E-state index contributed by atoms with van der Waals surface area (Å²) in [4.78, 5) is 10.4. The number of aromatic nitrogens is 3. The van der Waals surface area contributed by atoms with E-state index in [1.807, 2.05) is 60.7 Å². The van der Waals surface area contributed by atoms with Crippen LogP contribution in [0.1, 0.15) is 0 Å². The maximum absolute atomic E-state index is 6.64. The lowest BCUT2D eigenvalue weighted by molar-refractivity contribution is 0.669. The number of para-hydroxylation sites is 4. The second kappa shape index (κ2) is 8.40. The van der Waals surface area contributed by atoms with Gasteiger partial charge in [-0.15, -0.1) is 0 Å². The Morgan fingerprint density at radius 2 is 1.32 bits per heavy atom. The van der Waals surface area contributed by atoms with Crippen LogP contribution in [-0.4, -0.2) is 14.5 Å². The summed E-state index contributed by atoms with van der Waals surface area (Å²) in [5.74, 6) is 1.45. The van der Waals surface area contributed by atoms with Gasteiger partial charge in [0.15, 0.2) is 5.82 Å². The number of hydrogen-bond acceptors (Lipinski definition) is 3. The van der Waals surface area contributed by atoms with Crippen molar-refractivity contribution < 1.29 is 4.42 Å². The molecule has 192 valence electrons. The van der Waals surface area contributed by atoms with E-state index in [0.717, 1.165) is 81.8 Å². The fraction of sp³-hybridized carbons (Fsp3) is 0. The summed E-state index contributed by atoms with van der Waals surface area (Å²) < 4.78 is 8.64. The van der Waals surface area contributed by atoms with Crippen molar-refractivity contribution in [3.8, 4) is 17.2 Å². The SMILES string of the molecule is Clc1cccc2cc3c(cc12)c1ccccc1n3-c1nc(-c2cccc3c2oc2ccccc23)nc2ccccc12. The van der Waals surface area contributed by atoms with Crippen LogP contribution in [0.2, 0.25) is 5.02 Å². The molecule has 6 aromatic carbocycles. The average Bonchev–Trinajstić information content (AvgIpc) is 3.55. The lowest BCUT2D eigenvalue weighted by Gasteiger charge is -2.13. The predicted molar refractivity (Wildman–Crippen MR) is 169 cm³/mol. The van der Waals surface area contributed by atoms with E-state index in [1.165, 1.54) is 0 Å². The summed E-state index contributed by atoms with van der Waals surface area (Å²) in [7, 11) is 0. The summed E-state index contributed by atoms with van der Waals surface area (Å²) in [5, 5.41) is 8.25. The van der Waals surface area contributed by atoms with Crippen LogP contribution in [0.15, 0.2) is 126 Å². The molecule has 3 heterocycles. The summed E-state index contributed by atoms with van der Waals surface area (Å²) >= 11 is 6.64. The molecule has 0 aliphatic rings. The lowest BCUT2D eigenvalue weighted by atomic mass is 10.1. The third-order valence-corrected chi connectivity index (χ3v) is 8.39. The molecule has 4 nitrogen and oxygen atoms in total. The number of fused-ring (bicyclic) bond motifs is 8. The Balaban J connectivity index is 1.42. The van der Waals surface area contributed by atoms with Gasteiger partial charge in [0.1, 0.15) is 17.0 Å². The predicted octanol–water partition coefficient (Wildman–Crippen LogP) is 10.1. The van der Waals surface area contributed by atoms with Crippen molar-refractivity contribution in [1.29, 1.82) is 0 Å². The highest BCUT2D eigenvalue weighted by atomic mass is 35.5. The van der Waals surface area contributed by atoms with Crippen molar-refractivity contribution in [2.24, 2.45) is 0 Å². The number of benzene rings is 6. The zero-order valence-corrected chi connectivity index (χ0v) is 22.4. The van der Waals surface area contributed by atoms with E-state index in [4.69, 9.17) is 26.0 Å². The molecule has 0 saturated heterocycles. The molecule has 0 aliphatic heterocycles. The Kier molecular flexibility index (Phi) is 4.63. The van der Waals surface area contributed by atoms with Crippen molar-refractivity contribution >= 4 is 77.0 Å². The first-order chi connectivity index (χ1) is 20.2. The fourth-order valence-corrected chi connectivity index (χ4v) is 6.44. The largest absolute Gasteiger partial charge is 0.455 e. The van der Waals surface area contributed by atoms with Gasteiger partial charge in [0.2, 0.25) is 0 Å². The maximum Gasteiger partial charge on any atom is 0.165 e. The molecular formula is C36H20ClN3O. The van der Waals surface area contributed by atoms with Gasteiger partial charge in [-0.3, -0.25) is 4.57 Å². The van der Waals surface area contributed by atoms with Gasteiger partial charge in [0.05, 0.1) is 22.1 Å². The highest BCUT2D eigenvalue weighted by molar-refractivity contribution is 6.36. The molecule has 0 fully saturated rings. The summed E-state index contributed by atoms with van der Waals surface area (Å²) in [6.07, 6.45) is 0. The van der Waals surface area contributed by atoms with Gasteiger partial charge in [0.25, 0.3) is 0 Å². The van der Waals surface area contributed by atoms with Gasteiger partial charge >= 0.3 is 0 Å². The Hall–Kier alpha value is -5.19. The number of halogens is 1. The molecule has 0 unspecified atom stereocenters. The molecule has 0 aliphatic carbocycles. The van der Waals surface area contributed by atoms with Gasteiger partial charge < -0.3 is 4.42 Å². The first-order valence-electron chi connectivity index (χ1n) is 13.5. The average molecular weight is 546 g/mol. The van der Waals surface area contributed by atoms with E-state index in [9.17, 15) is 0 Å². The molecule has 41 heavy (non-hydrogen) atoms. The van der Waals surface area contributed by atoms with E-state index in [-0.39, 0.29) is 0 Å². The minimum absolute atomic E-state index is 0.623. The van der Waals surface area contributed by atoms with Gasteiger partial charge in [-0.25, -0.2) is 9.97 Å². The summed E-state index contributed by atoms with van der Waals surface area (Å²) in [6, 6.07) is 41.4. The summed E-state index contributed by atoms with van der Waals surface area (Å²) in [6.45, 7) is 0. The third kappa shape index (κ3) is 3.22. The van der Waals surface area contributed by atoms with Crippen molar-refractivity contribution in [3.05, 3.63) is 126 Å². The van der Waals surface area contributed by atoms with Crippen LogP contribution in [0.3, 0.4) is 0 Å². The Morgan fingerprint density at radius 1 is 0.561 bits per heavy atom. The summed E-state index contributed by atoms with van der Waals surface area (Å²) in [5.41, 5.74) is 5.52. The molecule has 0 amide bonds. The topological polar surface area (TPSA) is 43.9 Å². The standard InChI is InChI=1S/C36H20ClN3O/c37-29-15-7-9-21-19-32-28(20-27(21)29)22-10-2-5-17-31(22)40(32)36-25-12-1-4-16-30(25)38-35(39-36)26-14-8-13-24-23-11-3-6-18-33(23)41-34(24)26/h1-20H. The molecule has 0 radical (unpaired) electrons. The Labute approximate surface area is 239 Å². The molecule has 0 atom stereocenters. The van der Waals surface area contributed by atoms with Crippen LogP contribution in [-0.2, 0) is 0 Å². The second-order valence-electron chi connectivity index (χ2n) is 10.4. The van der Waals surface area contributed by atoms with Crippen molar-refractivity contribution in [2.45, 2.75) is 0 Å². The van der Waals surface area contributed by atoms with Crippen LogP contribution in [0.25, 0.3) is 82.6 Å². The highest BCUT2D eigenvalue weighted by Gasteiger charge is 2.20. The minimum atomic E-state index is 0.623. The second-order valence-corrected chi connectivity index (χ2v) is 10.8. The van der Waals surface area contributed by atoms with E-state index in [0.29, 0.717) is 5.82 Å². The van der Waals surface area contributed by atoms with Gasteiger partial charge in [0, 0.05) is 37.3 Å². The van der Waals surface area contributed by atoms with Crippen LogP contribution in [0.4, 0.5) is 0 Å². The van der Waals surface area contributed by atoms with E-state index >= 15 is 0 Å².